The number of nitrogens with zero attached hydrogens (tertiary/aromatic N) is 4. The monoisotopic (exact) mass is 443 g/mol. The topological polar surface area (TPSA) is 91.2 Å². The van der Waals surface area contributed by atoms with Crippen molar-refractivity contribution < 1.29 is 14.3 Å². The fourth-order valence-corrected chi connectivity index (χ4v) is 4.45. The van der Waals surface area contributed by atoms with E-state index in [1.54, 1.807) is 49.6 Å². The van der Waals surface area contributed by atoms with E-state index in [-0.39, 0.29) is 12.5 Å². The number of aromatic nitrogens is 4. The van der Waals surface area contributed by atoms with Crippen molar-refractivity contribution in [3.8, 4) is 11.6 Å². The molecule has 10 heteroatoms. The third-order valence-corrected chi connectivity index (χ3v) is 5.95. The first-order valence-electron chi connectivity index (χ1n) is 8.94. The molecule has 0 bridgehead atoms. The minimum atomic E-state index is -0.253. The molecule has 4 aromatic rings. The van der Waals surface area contributed by atoms with Crippen molar-refractivity contribution in [1.29, 1.82) is 0 Å². The molecular formula is C20H18ClN5O3S. The smallest absolute Gasteiger partial charge is 0.266 e. The van der Waals surface area contributed by atoms with Gasteiger partial charge in [0, 0.05) is 25.2 Å². The Balaban J connectivity index is 1.65. The summed E-state index contributed by atoms with van der Waals surface area (Å²) in [5.74, 6) is 0.668. The Labute approximate surface area is 181 Å². The Morgan fingerprint density at radius 1 is 1.30 bits per heavy atom. The maximum Gasteiger partial charge on any atom is 0.266 e. The quantitative estimate of drug-likeness (QED) is 0.479. The van der Waals surface area contributed by atoms with E-state index < -0.39 is 0 Å². The zero-order valence-corrected chi connectivity index (χ0v) is 18.0. The van der Waals surface area contributed by atoms with Crippen LogP contribution in [0.1, 0.15) is 21.1 Å². The van der Waals surface area contributed by atoms with Crippen LogP contribution in [0.15, 0.2) is 36.9 Å². The number of fused-ring (bicyclic) bond motifs is 1. The second-order valence-corrected chi connectivity index (χ2v) is 7.82. The highest BCUT2D eigenvalue weighted by Gasteiger charge is 2.21. The van der Waals surface area contributed by atoms with Gasteiger partial charge in [-0.1, -0.05) is 11.6 Å². The Morgan fingerprint density at radius 2 is 2.13 bits per heavy atom. The number of benzene rings is 1. The van der Waals surface area contributed by atoms with Gasteiger partial charge in [-0.25, -0.2) is 9.97 Å². The lowest BCUT2D eigenvalue weighted by atomic mass is 10.2. The Kier molecular flexibility index (Phi) is 5.67. The van der Waals surface area contributed by atoms with Crippen LogP contribution in [0.3, 0.4) is 0 Å². The van der Waals surface area contributed by atoms with Crippen molar-refractivity contribution in [1.82, 2.24) is 19.5 Å². The first-order valence-corrected chi connectivity index (χ1v) is 10.1. The average molecular weight is 444 g/mol. The molecule has 0 radical (unpaired) electrons. The summed E-state index contributed by atoms with van der Waals surface area (Å²) >= 11 is 7.67. The number of amides is 1. The highest BCUT2D eigenvalue weighted by Crippen LogP contribution is 2.35. The lowest BCUT2D eigenvalue weighted by Crippen LogP contribution is -2.11. The zero-order valence-electron chi connectivity index (χ0n) is 16.5. The number of carbonyl (C=O) groups excluding carboxylic acids is 1. The van der Waals surface area contributed by atoms with Crippen LogP contribution >= 0.6 is 22.9 Å². The average Bonchev–Trinajstić information content (AvgIpc) is 3.36. The maximum atomic E-state index is 13.0. The second-order valence-electron chi connectivity index (χ2n) is 6.41. The zero-order chi connectivity index (χ0) is 21.3. The molecule has 1 amide bonds. The van der Waals surface area contributed by atoms with Crippen molar-refractivity contribution in [2.45, 2.75) is 13.5 Å². The fraction of sp³-hybridized carbons (Fsp3) is 0.200. The number of rotatable bonds is 6. The number of anilines is 1. The first-order chi connectivity index (χ1) is 14.5. The molecule has 0 aliphatic rings. The number of aryl methyl sites for hydroxylation is 1. The predicted molar refractivity (Wildman–Crippen MR) is 116 cm³/mol. The molecular weight excluding hydrogens is 426 g/mol. The summed E-state index contributed by atoms with van der Waals surface area (Å²) in [5, 5.41) is 4.12. The number of hydrogen-bond donors (Lipinski definition) is 1. The number of ether oxygens (including phenoxy) is 2. The summed E-state index contributed by atoms with van der Waals surface area (Å²) < 4.78 is 12.3. The van der Waals surface area contributed by atoms with Crippen LogP contribution in [-0.4, -0.2) is 39.6 Å². The molecule has 0 fully saturated rings. The van der Waals surface area contributed by atoms with Gasteiger partial charge in [0.25, 0.3) is 5.91 Å². The van der Waals surface area contributed by atoms with E-state index in [9.17, 15) is 4.79 Å². The summed E-state index contributed by atoms with van der Waals surface area (Å²) in [4.78, 5) is 27.0. The summed E-state index contributed by atoms with van der Waals surface area (Å²) in [6.45, 7) is 2.11. The van der Waals surface area contributed by atoms with Gasteiger partial charge in [-0.05, 0) is 30.7 Å². The first kappa shape index (κ1) is 20.3. The Hall–Kier alpha value is -3.01. The molecule has 8 nitrogen and oxygen atoms in total. The number of carbonyl (C=O) groups is 1. The van der Waals surface area contributed by atoms with Gasteiger partial charge < -0.3 is 19.4 Å². The second kappa shape index (κ2) is 8.39. The van der Waals surface area contributed by atoms with Crippen molar-refractivity contribution in [2.24, 2.45) is 0 Å². The summed E-state index contributed by atoms with van der Waals surface area (Å²) in [6.07, 6.45) is 5.13. The molecule has 0 aliphatic carbocycles. The molecule has 0 unspecified atom stereocenters. The van der Waals surface area contributed by atoms with Crippen LogP contribution < -0.4 is 10.1 Å². The van der Waals surface area contributed by atoms with Gasteiger partial charge in [0.05, 0.1) is 34.4 Å². The number of thiophene rings is 1. The van der Waals surface area contributed by atoms with E-state index in [2.05, 4.69) is 20.3 Å². The van der Waals surface area contributed by atoms with Gasteiger partial charge in [-0.3, -0.25) is 4.79 Å². The Bertz CT molecular complexity index is 1220. The third-order valence-electron chi connectivity index (χ3n) is 4.46. The minimum absolute atomic E-state index is 0.253. The van der Waals surface area contributed by atoms with Gasteiger partial charge in [0.1, 0.15) is 11.4 Å². The molecule has 1 N–H and O–H groups in total. The van der Waals surface area contributed by atoms with E-state index in [1.807, 2.05) is 13.0 Å². The van der Waals surface area contributed by atoms with Gasteiger partial charge in [-0.15, -0.1) is 11.3 Å². The van der Waals surface area contributed by atoms with Gasteiger partial charge in [0.2, 0.25) is 5.88 Å². The number of imidazole rings is 1. The molecule has 0 atom stereocenters. The lowest BCUT2D eigenvalue weighted by molar-refractivity contribution is 0.103. The highest BCUT2D eigenvalue weighted by molar-refractivity contribution is 7.20. The van der Waals surface area contributed by atoms with Crippen LogP contribution in [0.2, 0.25) is 5.02 Å². The van der Waals surface area contributed by atoms with Gasteiger partial charge in [0.15, 0.2) is 5.82 Å². The molecule has 3 heterocycles. The van der Waals surface area contributed by atoms with Crippen LogP contribution in [0, 0.1) is 6.92 Å². The van der Waals surface area contributed by atoms with Gasteiger partial charge >= 0.3 is 0 Å². The molecule has 4 rings (SSSR count). The van der Waals surface area contributed by atoms with Crippen LogP contribution in [0.4, 0.5) is 5.69 Å². The van der Waals surface area contributed by atoms with Crippen molar-refractivity contribution >= 4 is 44.7 Å². The Morgan fingerprint density at radius 3 is 2.80 bits per heavy atom. The van der Waals surface area contributed by atoms with Crippen molar-refractivity contribution in [3.63, 3.8) is 0 Å². The molecule has 154 valence electrons. The van der Waals surface area contributed by atoms with E-state index >= 15 is 0 Å². The SMILES string of the molecule is COCc1nc(OC)c2c(C)c(C(=O)Nc3ccc(-n4ccnc4)c(Cl)c3)sc2n1. The van der Waals surface area contributed by atoms with E-state index in [0.717, 1.165) is 16.6 Å². The molecule has 0 saturated heterocycles. The van der Waals surface area contributed by atoms with E-state index in [0.29, 0.717) is 32.1 Å². The predicted octanol–water partition coefficient (Wildman–Crippen LogP) is 4.25. The normalized spacial score (nSPS) is 11.1. The maximum absolute atomic E-state index is 13.0. The van der Waals surface area contributed by atoms with Crippen molar-refractivity contribution in [3.05, 3.63) is 58.2 Å². The molecule has 1 aromatic carbocycles. The minimum Gasteiger partial charge on any atom is -0.480 e. The molecule has 0 spiro atoms. The molecule has 30 heavy (non-hydrogen) atoms. The number of halogens is 1. The van der Waals surface area contributed by atoms with Crippen LogP contribution in [0.5, 0.6) is 5.88 Å². The van der Waals surface area contributed by atoms with E-state index in [1.165, 1.54) is 11.3 Å². The highest BCUT2D eigenvalue weighted by atomic mass is 35.5. The molecule has 3 aromatic heterocycles. The standard InChI is InChI=1S/C20H18ClN5O3S/c1-11-16-19(29-3)24-15(9-28-2)25-20(16)30-17(11)18(27)23-12-4-5-14(13(21)8-12)26-7-6-22-10-26/h4-8,10H,9H2,1-3H3,(H,23,27). The number of nitrogens with one attached hydrogen (secondary N) is 1. The number of hydrogen-bond acceptors (Lipinski definition) is 7. The summed E-state index contributed by atoms with van der Waals surface area (Å²) in [7, 11) is 3.11. The lowest BCUT2D eigenvalue weighted by Gasteiger charge is -2.09. The molecule has 0 saturated carbocycles. The van der Waals surface area contributed by atoms with Gasteiger partial charge in [-0.2, -0.15) is 4.98 Å². The fourth-order valence-electron chi connectivity index (χ4n) is 3.09. The van der Waals surface area contributed by atoms with Crippen LogP contribution in [0.25, 0.3) is 15.9 Å². The molecule has 0 aliphatic heterocycles. The largest absolute Gasteiger partial charge is 0.480 e. The number of methoxy groups -OCH3 is 2. The van der Waals surface area contributed by atoms with Crippen LogP contribution in [-0.2, 0) is 11.3 Å². The van der Waals surface area contributed by atoms with Crippen molar-refractivity contribution in [2.75, 3.05) is 19.5 Å². The summed E-state index contributed by atoms with van der Waals surface area (Å²) in [5.41, 5.74) is 2.12. The van der Waals surface area contributed by atoms with E-state index in [4.69, 9.17) is 21.1 Å². The third kappa shape index (κ3) is 3.74. The summed E-state index contributed by atoms with van der Waals surface area (Å²) in [6, 6.07) is 5.32.